The topological polar surface area (TPSA) is 83.4 Å². The number of fused-ring (bicyclic) bond motifs is 1. The molecule has 1 saturated heterocycles. The molecule has 8 heteroatoms. The molecule has 0 saturated carbocycles. The highest BCUT2D eigenvalue weighted by Gasteiger charge is 2.37. The third-order valence-corrected chi connectivity index (χ3v) is 7.95. The van der Waals surface area contributed by atoms with Crippen LogP contribution in [0.3, 0.4) is 0 Å². The van der Waals surface area contributed by atoms with Crippen LogP contribution in [-0.4, -0.2) is 56.1 Å². The van der Waals surface area contributed by atoms with Crippen molar-refractivity contribution in [2.45, 2.75) is 50.9 Å². The van der Waals surface area contributed by atoms with E-state index in [2.05, 4.69) is 35.0 Å². The van der Waals surface area contributed by atoms with E-state index < -0.39 is 5.41 Å². The number of aromatic nitrogens is 2. The molecule has 198 valence electrons. The Kier molecular flexibility index (Phi) is 8.23. The minimum absolute atomic E-state index is 0.101. The van der Waals surface area contributed by atoms with Gasteiger partial charge in [-0.3, -0.25) is 5.10 Å². The minimum Gasteiger partial charge on any atom is -0.493 e. The number of methoxy groups -OCH3 is 3. The van der Waals surface area contributed by atoms with Crippen LogP contribution < -0.4 is 14.2 Å². The van der Waals surface area contributed by atoms with E-state index in [-0.39, 0.29) is 11.7 Å². The summed E-state index contributed by atoms with van der Waals surface area (Å²) in [6.07, 6.45) is 3.68. The second kappa shape index (κ2) is 11.4. The fourth-order valence-corrected chi connectivity index (χ4v) is 5.70. The Balaban J connectivity index is 1.42. The Hall–Kier alpha value is -3.31. The zero-order valence-corrected chi connectivity index (χ0v) is 22.4. The van der Waals surface area contributed by atoms with Gasteiger partial charge in [0.05, 0.1) is 38.3 Å². The molecule has 0 aliphatic carbocycles. The van der Waals surface area contributed by atoms with E-state index in [9.17, 15) is 9.65 Å². The van der Waals surface area contributed by atoms with E-state index in [0.717, 1.165) is 62.0 Å². The van der Waals surface area contributed by atoms with Gasteiger partial charge >= 0.3 is 0 Å². The SMILES string of the molecule is COc1cc(C(C#N)(CCCN2CCC(c3[nH]nc4cc(F)ccc34)CC2)C(C)C)cc(OC)c1OC. The van der Waals surface area contributed by atoms with E-state index in [0.29, 0.717) is 28.7 Å². The summed E-state index contributed by atoms with van der Waals surface area (Å²) in [5, 5.41) is 18.9. The average Bonchev–Trinajstić information content (AvgIpc) is 3.33. The Morgan fingerprint density at radius 3 is 2.35 bits per heavy atom. The van der Waals surface area contributed by atoms with Gasteiger partial charge in [-0.15, -0.1) is 0 Å². The van der Waals surface area contributed by atoms with Crippen molar-refractivity contribution < 1.29 is 18.6 Å². The van der Waals surface area contributed by atoms with E-state index in [4.69, 9.17) is 14.2 Å². The van der Waals surface area contributed by atoms with Crippen molar-refractivity contribution in [1.29, 1.82) is 5.26 Å². The number of nitrogens with zero attached hydrogens (tertiary/aromatic N) is 3. The van der Waals surface area contributed by atoms with Gasteiger partial charge in [-0.2, -0.15) is 10.4 Å². The van der Waals surface area contributed by atoms with Crippen LogP contribution in [0.15, 0.2) is 30.3 Å². The fourth-order valence-electron chi connectivity index (χ4n) is 5.70. The molecule has 0 radical (unpaired) electrons. The van der Waals surface area contributed by atoms with E-state index in [1.54, 1.807) is 21.3 Å². The van der Waals surface area contributed by atoms with Gasteiger partial charge in [0.25, 0.3) is 0 Å². The average molecular weight is 509 g/mol. The Morgan fingerprint density at radius 1 is 1.11 bits per heavy atom. The van der Waals surface area contributed by atoms with Gasteiger partial charge in [-0.1, -0.05) is 13.8 Å². The maximum Gasteiger partial charge on any atom is 0.203 e. The zero-order chi connectivity index (χ0) is 26.6. The van der Waals surface area contributed by atoms with Gasteiger partial charge in [-0.25, -0.2) is 4.39 Å². The number of piperidine rings is 1. The molecule has 1 fully saturated rings. The molecule has 0 amide bonds. The van der Waals surface area contributed by atoms with Crippen LogP contribution >= 0.6 is 0 Å². The number of H-pyrrole nitrogens is 1. The fraction of sp³-hybridized carbons (Fsp3) is 0.517. The number of ether oxygens (including phenoxy) is 3. The van der Waals surface area contributed by atoms with Crippen molar-refractivity contribution in [3.63, 3.8) is 0 Å². The lowest BCUT2D eigenvalue weighted by Crippen LogP contribution is -2.36. The monoisotopic (exact) mass is 508 g/mol. The first kappa shape index (κ1) is 26.7. The predicted octanol–water partition coefficient (Wildman–Crippen LogP) is 5.80. The number of nitriles is 1. The molecule has 1 atom stereocenters. The lowest BCUT2D eigenvalue weighted by molar-refractivity contribution is 0.200. The number of hydrogen-bond acceptors (Lipinski definition) is 6. The summed E-state index contributed by atoms with van der Waals surface area (Å²) >= 11 is 0. The lowest BCUT2D eigenvalue weighted by atomic mass is 9.69. The van der Waals surface area contributed by atoms with Crippen LogP contribution in [0.2, 0.25) is 0 Å². The summed E-state index contributed by atoms with van der Waals surface area (Å²) in [5.41, 5.74) is 2.02. The number of hydrogen-bond donors (Lipinski definition) is 1. The Morgan fingerprint density at radius 2 is 1.78 bits per heavy atom. The number of benzene rings is 2. The van der Waals surface area contributed by atoms with Gasteiger partial charge in [0.15, 0.2) is 11.5 Å². The molecular formula is C29H37FN4O3. The standard InChI is InChI=1S/C29H37FN4O3/c1-19(2)29(18-31,21-15-25(35-3)28(37-5)26(16-21)36-4)11-6-12-34-13-9-20(10-14-34)27-23-8-7-22(30)17-24(23)32-33-27/h7-8,15-17,19-20H,6,9-14H2,1-5H3,(H,32,33). The Labute approximate surface area is 218 Å². The minimum atomic E-state index is -0.671. The van der Waals surface area contributed by atoms with Crippen LogP contribution in [0.25, 0.3) is 10.9 Å². The predicted molar refractivity (Wildman–Crippen MR) is 142 cm³/mol. The van der Waals surface area contributed by atoms with Crippen LogP contribution in [0.4, 0.5) is 4.39 Å². The van der Waals surface area contributed by atoms with Crippen LogP contribution in [0.1, 0.15) is 56.7 Å². The third-order valence-electron chi connectivity index (χ3n) is 7.95. The van der Waals surface area contributed by atoms with Gasteiger partial charge < -0.3 is 19.1 Å². The molecule has 2 aromatic carbocycles. The summed E-state index contributed by atoms with van der Waals surface area (Å²) in [6, 6.07) is 11.3. The van der Waals surface area contributed by atoms with Crippen LogP contribution in [0.5, 0.6) is 17.2 Å². The number of nitrogens with one attached hydrogen (secondary N) is 1. The maximum absolute atomic E-state index is 13.5. The number of halogens is 1. The number of aromatic amines is 1. The molecule has 1 aromatic heterocycles. The summed E-state index contributed by atoms with van der Waals surface area (Å²) in [6.45, 7) is 7.09. The molecule has 3 aromatic rings. The quantitative estimate of drug-likeness (QED) is 0.372. The Bertz CT molecular complexity index is 1230. The summed E-state index contributed by atoms with van der Waals surface area (Å²) in [5.74, 6) is 1.88. The second-order valence-corrected chi connectivity index (χ2v) is 10.2. The number of rotatable bonds is 10. The van der Waals surface area contributed by atoms with Crippen molar-refractivity contribution >= 4 is 10.9 Å². The molecule has 1 unspecified atom stereocenters. The first-order valence-corrected chi connectivity index (χ1v) is 12.9. The highest BCUT2D eigenvalue weighted by Crippen LogP contribution is 2.45. The molecule has 2 heterocycles. The summed E-state index contributed by atoms with van der Waals surface area (Å²) in [7, 11) is 4.77. The molecule has 1 aliphatic heterocycles. The van der Waals surface area contributed by atoms with E-state index in [1.807, 2.05) is 18.2 Å². The van der Waals surface area contributed by atoms with E-state index in [1.165, 1.54) is 12.1 Å². The van der Waals surface area contributed by atoms with Crippen molar-refractivity contribution in [2.24, 2.45) is 5.92 Å². The van der Waals surface area contributed by atoms with Crippen molar-refractivity contribution in [2.75, 3.05) is 41.0 Å². The molecule has 4 rings (SSSR count). The highest BCUT2D eigenvalue weighted by atomic mass is 19.1. The van der Waals surface area contributed by atoms with E-state index >= 15 is 0 Å². The van der Waals surface area contributed by atoms with Crippen molar-refractivity contribution in [3.05, 3.63) is 47.4 Å². The molecule has 7 nitrogen and oxygen atoms in total. The normalized spacial score (nSPS) is 16.5. The molecule has 1 aliphatic rings. The highest BCUT2D eigenvalue weighted by molar-refractivity contribution is 5.81. The molecular weight excluding hydrogens is 471 g/mol. The smallest absolute Gasteiger partial charge is 0.203 e. The third kappa shape index (κ3) is 5.24. The molecule has 0 bridgehead atoms. The van der Waals surface area contributed by atoms with Crippen molar-refractivity contribution in [3.8, 4) is 23.3 Å². The maximum atomic E-state index is 13.5. The molecule has 0 spiro atoms. The zero-order valence-electron chi connectivity index (χ0n) is 22.4. The molecule has 1 N–H and O–H groups in total. The van der Waals surface area contributed by atoms with Crippen LogP contribution in [-0.2, 0) is 5.41 Å². The summed E-state index contributed by atoms with van der Waals surface area (Å²) in [4.78, 5) is 2.48. The lowest BCUT2D eigenvalue weighted by Gasteiger charge is -2.35. The first-order valence-electron chi connectivity index (χ1n) is 12.9. The van der Waals surface area contributed by atoms with Crippen LogP contribution in [0, 0.1) is 23.1 Å². The number of likely N-dealkylation sites (tertiary alicyclic amines) is 1. The first-order chi connectivity index (χ1) is 17.9. The van der Waals surface area contributed by atoms with Gasteiger partial charge in [0.1, 0.15) is 5.82 Å². The van der Waals surface area contributed by atoms with Gasteiger partial charge in [0, 0.05) is 23.1 Å². The second-order valence-electron chi connectivity index (χ2n) is 10.2. The van der Waals surface area contributed by atoms with Gasteiger partial charge in [-0.05, 0) is 81.1 Å². The van der Waals surface area contributed by atoms with Crippen molar-refractivity contribution in [1.82, 2.24) is 15.1 Å². The van der Waals surface area contributed by atoms with Gasteiger partial charge in [0.2, 0.25) is 5.75 Å². The largest absolute Gasteiger partial charge is 0.493 e. The molecule has 37 heavy (non-hydrogen) atoms. The summed E-state index contributed by atoms with van der Waals surface area (Å²) < 4.78 is 30.1.